The molecule has 0 amide bonds. The normalized spacial score (nSPS) is 24.3. The van der Waals surface area contributed by atoms with Gasteiger partial charge in [0.1, 0.15) is 11.7 Å². The van der Waals surface area contributed by atoms with Crippen molar-refractivity contribution in [1.82, 2.24) is 19.5 Å². The van der Waals surface area contributed by atoms with E-state index in [1.807, 2.05) is 0 Å². The lowest BCUT2D eigenvalue weighted by Gasteiger charge is -2.15. The van der Waals surface area contributed by atoms with Crippen molar-refractivity contribution in [2.24, 2.45) is 0 Å². The maximum absolute atomic E-state index is 11.9. The molecule has 3 rings (SSSR count). The minimum Gasteiger partial charge on any atom is -0.382 e. The molecule has 0 radical (unpaired) electrons. The van der Waals surface area contributed by atoms with E-state index in [1.165, 1.54) is 6.33 Å². The first-order chi connectivity index (χ1) is 13.7. The summed E-state index contributed by atoms with van der Waals surface area (Å²) in [5.41, 5.74) is 12.0. The monoisotopic (exact) mass is 486 g/mol. The Labute approximate surface area is 167 Å². The summed E-state index contributed by atoms with van der Waals surface area (Å²) in [4.78, 5) is 47.8. The largest absolute Gasteiger partial charge is 0.488 e. The van der Waals surface area contributed by atoms with E-state index in [1.54, 1.807) is 4.57 Å². The number of rotatable bonds is 7. The van der Waals surface area contributed by atoms with Crippen molar-refractivity contribution in [3.63, 3.8) is 0 Å². The van der Waals surface area contributed by atoms with Gasteiger partial charge in [-0.1, -0.05) is 0 Å². The van der Waals surface area contributed by atoms with Gasteiger partial charge in [-0.05, 0) is 18.9 Å². The van der Waals surface area contributed by atoms with Crippen molar-refractivity contribution < 1.29 is 46.6 Å². The Bertz CT molecular complexity index is 1130. The Kier molecular flexibility index (Phi) is 6.20. The summed E-state index contributed by atoms with van der Waals surface area (Å²) in [6.07, 6.45) is 2.09. The molecule has 30 heavy (non-hydrogen) atoms. The molecule has 1 aliphatic heterocycles. The minimum absolute atomic E-state index is 0.0551. The number of hydrogen-bond acceptors (Lipinski definition) is 11. The molecule has 16 nitrogen and oxygen atoms in total. The van der Waals surface area contributed by atoms with E-state index in [-0.39, 0.29) is 11.8 Å². The van der Waals surface area contributed by atoms with Crippen LogP contribution in [0.5, 0.6) is 0 Å². The Morgan fingerprint density at radius 1 is 1.13 bits per heavy atom. The first-order valence-corrected chi connectivity index (χ1v) is 12.7. The molecule has 4 atom stereocenters. The summed E-state index contributed by atoms with van der Waals surface area (Å²) in [7, 11) is -15.8. The summed E-state index contributed by atoms with van der Waals surface area (Å²) < 4.78 is 48.6. The number of phosphoric acid groups is 2. The smallest absolute Gasteiger partial charge is 0.382 e. The molecule has 0 aromatic carbocycles. The Hall–Kier alpha value is -1.70. The number of nitrogens with two attached hydrogens (primary N) is 2. The van der Waals surface area contributed by atoms with Crippen molar-refractivity contribution >= 4 is 46.2 Å². The molecule has 1 saturated heterocycles. The van der Waals surface area contributed by atoms with Crippen molar-refractivity contribution in [2.75, 3.05) is 11.5 Å². The molecule has 3 heterocycles. The summed E-state index contributed by atoms with van der Waals surface area (Å²) >= 11 is 0. The van der Waals surface area contributed by atoms with Crippen LogP contribution in [-0.4, -0.2) is 45.2 Å². The number of hydrogen-bond donors (Lipinski definition) is 6. The third-order valence-electron chi connectivity index (χ3n) is 3.72. The van der Waals surface area contributed by atoms with Gasteiger partial charge in [0.2, 0.25) is 5.95 Å². The van der Waals surface area contributed by atoms with E-state index >= 15 is 0 Å². The highest BCUT2D eigenvalue weighted by atomic mass is 31.3. The van der Waals surface area contributed by atoms with Gasteiger partial charge in [-0.2, -0.15) is 14.3 Å². The fourth-order valence-electron chi connectivity index (χ4n) is 2.69. The topological polar surface area (TPSA) is 255 Å². The van der Waals surface area contributed by atoms with Gasteiger partial charge in [0, 0.05) is 5.82 Å². The van der Waals surface area contributed by atoms with Crippen molar-refractivity contribution in [3.8, 4) is 0 Å². The molecule has 2 aromatic rings. The maximum atomic E-state index is 11.9. The molecule has 2 aromatic heterocycles. The van der Waals surface area contributed by atoms with Crippen LogP contribution in [-0.2, 0) is 27.1 Å². The van der Waals surface area contributed by atoms with Crippen molar-refractivity contribution in [2.45, 2.75) is 25.2 Å². The molecule has 2 unspecified atom stereocenters. The second-order valence-corrected chi connectivity index (χ2v) is 10.7. The predicted octanol–water partition coefficient (Wildman–Crippen LogP) is 0.594. The van der Waals surface area contributed by atoms with E-state index in [0.717, 1.165) is 6.08 Å². The zero-order valence-corrected chi connectivity index (χ0v) is 17.5. The van der Waals surface area contributed by atoms with Gasteiger partial charge in [-0.15, -0.1) is 0 Å². The zero-order valence-electron chi connectivity index (χ0n) is 14.8. The number of ether oxygens (including phenoxy) is 1. The SMILES string of the molecule is Nc1nc(N)c2ncn([C@H]3CC[C@@H](/C=C/P(=O)(O)OP(=O)(O)OP(=O)(O)O)O3)c2n1. The van der Waals surface area contributed by atoms with Gasteiger partial charge in [-0.3, -0.25) is 9.13 Å². The third kappa shape index (κ3) is 5.71. The Morgan fingerprint density at radius 2 is 1.83 bits per heavy atom. The van der Waals surface area contributed by atoms with E-state index in [2.05, 4.69) is 23.6 Å². The molecule has 0 aliphatic carbocycles. The molecule has 1 fully saturated rings. The van der Waals surface area contributed by atoms with E-state index in [4.69, 9.17) is 30.9 Å². The van der Waals surface area contributed by atoms with Gasteiger partial charge in [0.15, 0.2) is 11.5 Å². The molecule has 166 valence electrons. The number of fused-ring (bicyclic) bond motifs is 1. The second-order valence-electron chi connectivity index (χ2n) is 6.03. The highest BCUT2D eigenvalue weighted by Gasteiger charge is 2.38. The van der Waals surface area contributed by atoms with Crippen LogP contribution in [0.4, 0.5) is 11.8 Å². The van der Waals surface area contributed by atoms with Crippen molar-refractivity contribution in [3.05, 3.63) is 18.2 Å². The summed E-state index contributed by atoms with van der Waals surface area (Å²) in [6, 6.07) is 0. The highest BCUT2D eigenvalue weighted by Crippen LogP contribution is 2.66. The van der Waals surface area contributed by atoms with Crippen LogP contribution in [0.15, 0.2) is 18.2 Å². The number of anilines is 2. The van der Waals surface area contributed by atoms with Gasteiger partial charge in [-0.25, -0.2) is 18.4 Å². The quantitative estimate of drug-likeness (QED) is 0.293. The van der Waals surface area contributed by atoms with Gasteiger partial charge in [0.25, 0.3) is 0 Å². The average Bonchev–Trinajstić information content (AvgIpc) is 3.15. The Balaban J connectivity index is 1.69. The lowest BCUT2D eigenvalue weighted by atomic mass is 10.2. The predicted molar refractivity (Wildman–Crippen MR) is 100 cm³/mol. The molecule has 0 bridgehead atoms. The van der Waals surface area contributed by atoms with Crippen LogP contribution < -0.4 is 11.5 Å². The molecule has 0 saturated carbocycles. The summed E-state index contributed by atoms with van der Waals surface area (Å²) in [5.74, 6) is 0.589. The standard InChI is InChI=1S/C11H17N6O10P3/c12-9-8-10(16-11(13)15-9)17(5-14-8)7-2-1-6(25-7)3-4-28(18,19)26-30(23,24)27-29(20,21)22/h3-7H,1-2H2,(H,18,19)(H,23,24)(H2,20,21,22)(H4,12,13,15,16)/b4-3+/t6-,7+/m0/s1. The highest BCUT2D eigenvalue weighted by molar-refractivity contribution is 7.69. The minimum atomic E-state index is -5.50. The number of aromatic nitrogens is 4. The van der Waals surface area contributed by atoms with E-state index in [0.29, 0.717) is 29.8 Å². The van der Waals surface area contributed by atoms with Crippen molar-refractivity contribution in [1.29, 1.82) is 0 Å². The van der Waals surface area contributed by atoms with Crippen LogP contribution >= 0.6 is 23.2 Å². The average molecular weight is 486 g/mol. The number of nitrogen functional groups attached to an aromatic ring is 2. The summed E-state index contributed by atoms with van der Waals surface area (Å²) in [6.45, 7) is 0. The number of imidazole rings is 1. The molecule has 19 heteroatoms. The van der Waals surface area contributed by atoms with Crippen LogP contribution in [0.3, 0.4) is 0 Å². The van der Waals surface area contributed by atoms with E-state index in [9.17, 15) is 18.6 Å². The first kappa shape index (κ1) is 23.0. The zero-order chi connectivity index (χ0) is 22.3. The van der Waals surface area contributed by atoms with Crippen LogP contribution in [0.25, 0.3) is 11.2 Å². The molecule has 8 N–H and O–H groups in total. The molecule has 0 spiro atoms. The molecular formula is C11H17N6O10P3. The maximum Gasteiger partial charge on any atom is 0.488 e. The lowest BCUT2D eigenvalue weighted by molar-refractivity contribution is 0.0259. The van der Waals surface area contributed by atoms with E-state index < -0.39 is 35.6 Å². The second kappa shape index (κ2) is 8.09. The fraction of sp³-hybridized carbons (Fsp3) is 0.364. The number of nitrogens with zero attached hydrogens (tertiary/aromatic N) is 4. The van der Waals surface area contributed by atoms with Gasteiger partial charge >= 0.3 is 23.2 Å². The fourth-order valence-corrected chi connectivity index (χ4v) is 5.96. The van der Waals surface area contributed by atoms with Crippen LogP contribution in [0, 0.1) is 0 Å². The van der Waals surface area contributed by atoms with Crippen LogP contribution in [0.2, 0.25) is 0 Å². The first-order valence-electron chi connectivity index (χ1n) is 7.98. The summed E-state index contributed by atoms with van der Waals surface area (Å²) in [5, 5.41) is 0. The van der Waals surface area contributed by atoms with Gasteiger partial charge < -0.3 is 35.8 Å². The van der Waals surface area contributed by atoms with Gasteiger partial charge in [0.05, 0.1) is 12.4 Å². The lowest BCUT2D eigenvalue weighted by Crippen LogP contribution is -2.10. The third-order valence-corrected chi connectivity index (χ3v) is 7.71. The molecule has 1 aliphatic rings. The van der Waals surface area contributed by atoms with Crippen LogP contribution in [0.1, 0.15) is 19.1 Å². The molecular weight excluding hydrogens is 469 g/mol. The Morgan fingerprint density at radius 3 is 2.50 bits per heavy atom.